The number of hydrogen-bond donors (Lipinski definition) is 0. The fourth-order valence-electron chi connectivity index (χ4n) is 3.80. The van der Waals surface area contributed by atoms with E-state index in [2.05, 4.69) is 13.8 Å². The Morgan fingerprint density at radius 2 is 2.00 bits per heavy atom. The molecule has 0 aromatic rings. The van der Waals surface area contributed by atoms with E-state index in [0.717, 1.165) is 0 Å². The lowest BCUT2D eigenvalue weighted by Gasteiger charge is -2.37. The van der Waals surface area contributed by atoms with Gasteiger partial charge in [0.25, 0.3) is 0 Å². The SMILES string of the molecule is CC(=O)OCC(=O)C1C2CCC(C2)C1(C)C. The molecule has 0 aliphatic heterocycles. The number of carbonyl (C=O) groups is 2. The van der Waals surface area contributed by atoms with Crippen molar-refractivity contribution >= 4 is 11.8 Å². The molecule has 3 nitrogen and oxygen atoms in total. The smallest absolute Gasteiger partial charge is 0.303 e. The van der Waals surface area contributed by atoms with Gasteiger partial charge in [0, 0.05) is 12.8 Å². The lowest BCUT2D eigenvalue weighted by atomic mass is 9.67. The van der Waals surface area contributed by atoms with Crippen molar-refractivity contribution in [2.45, 2.75) is 40.0 Å². The fraction of sp³-hybridized carbons (Fsp3) is 0.846. The Labute approximate surface area is 96.5 Å². The molecule has 0 N–H and O–H groups in total. The Bertz CT molecular complexity index is 319. The second-order valence-electron chi connectivity index (χ2n) is 5.82. The predicted molar refractivity (Wildman–Crippen MR) is 59.7 cm³/mol. The molecule has 3 heteroatoms. The van der Waals surface area contributed by atoms with E-state index >= 15 is 0 Å². The van der Waals surface area contributed by atoms with Crippen LogP contribution in [0, 0.1) is 23.2 Å². The standard InChI is InChI=1S/C13H20O3/c1-8(14)16-7-11(15)12-9-4-5-10(6-9)13(12,2)3/h9-10,12H,4-7H2,1-3H3. The molecule has 0 saturated heterocycles. The molecule has 0 aromatic heterocycles. The van der Waals surface area contributed by atoms with Crippen molar-refractivity contribution in [1.29, 1.82) is 0 Å². The number of carbonyl (C=O) groups excluding carboxylic acids is 2. The molecule has 0 aromatic carbocycles. The van der Waals surface area contributed by atoms with Gasteiger partial charge in [-0.15, -0.1) is 0 Å². The number of ether oxygens (including phenoxy) is 1. The summed E-state index contributed by atoms with van der Waals surface area (Å²) in [7, 11) is 0. The molecule has 0 heterocycles. The molecular formula is C13H20O3. The van der Waals surface area contributed by atoms with Crippen LogP contribution in [0.25, 0.3) is 0 Å². The Morgan fingerprint density at radius 3 is 2.50 bits per heavy atom. The van der Waals surface area contributed by atoms with Gasteiger partial charge in [0.1, 0.15) is 6.61 Å². The minimum atomic E-state index is -0.366. The summed E-state index contributed by atoms with van der Waals surface area (Å²) in [4.78, 5) is 22.8. The van der Waals surface area contributed by atoms with Crippen molar-refractivity contribution in [3.05, 3.63) is 0 Å². The highest BCUT2D eigenvalue weighted by Crippen LogP contribution is 2.59. The third-order valence-electron chi connectivity index (χ3n) is 4.56. The first-order valence-electron chi connectivity index (χ1n) is 6.09. The monoisotopic (exact) mass is 224 g/mol. The lowest BCUT2D eigenvalue weighted by molar-refractivity contribution is -0.149. The van der Waals surface area contributed by atoms with Crippen LogP contribution >= 0.6 is 0 Å². The van der Waals surface area contributed by atoms with Gasteiger partial charge in [0.15, 0.2) is 5.78 Å². The number of rotatable bonds is 3. The minimum Gasteiger partial charge on any atom is -0.458 e. The van der Waals surface area contributed by atoms with Gasteiger partial charge in [-0.3, -0.25) is 9.59 Å². The Kier molecular flexibility index (Phi) is 2.81. The first-order valence-corrected chi connectivity index (χ1v) is 6.09. The van der Waals surface area contributed by atoms with Gasteiger partial charge in [-0.2, -0.15) is 0 Å². The van der Waals surface area contributed by atoms with Gasteiger partial charge in [0.05, 0.1) is 0 Å². The molecule has 0 radical (unpaired) electrons. The summed E-state index contributed by atoms with van der Waals surface area (Å²) in [6, 6.07) is 0. The fourth-order valence-corrected chi connectivity index (χ4v) is 3.80. The van der Waals surface area contributed by atoms with Crippen LogP contribution in [-0.2, 0) is 14.3 Å². The zero-order valence-electron chi connectivity index (χ0n) is 10.3. The summed E-state index contributed by atoms with van der Waals surface area (Å²) in [6.45, 7) is 5.69. The predicted octanol–water partition coefficient (Wildman–Crippen LogP) is 2.19. The summed E-state index contributed by atoms with van der Waals surface area (Å²) in [6.07, 6.45) is 3.61. The molecule has 3 atom stereocenters. The molecule has 2 fully saturated rings. The van der Waals surface area contributed by atoms with Gasteiger partial charge >= 0.3 is 5.97 Å². The molecular weight excluding hydrogens is 204 g/mol. The zero-order valence-corrected chi connectivity index (χ0v) is 10.3. The number of Topliss-reactive ketones (excluding diaryl/α,β-unsaturated/α-hetero) is 1. The largest absolute Gasteiger partial charge is 0.458 e. The maximum atomic E-state index is 12.1. The van der Waals surface area contributed by atoms with E-state index < -0.39 is 0 Å². The Balaban J connectivity index is 2.03. The quantitative estimate of drug-likeness (QED) is 0.690. The second-order valence-corrected chi connectivity index (χ2v) is 5.82. The molecule has 90 valence electrons. The molecule has 0 spiro atoms. The van der Waals surface area contributed by atoms with Crippen LogP contribution in [0.2, 0.25) is 0 Å². The maximum absolute atomic E-state index is 12.1. The van der Waals surface area contributed by atoms with Crippen LogP contribution in [0.15, 0.2) is 0 Å². The van der Waals surface area contributed by atoms with Gasteiger partial charge < -0.3 is 4.74 Å². The average molecular weight is 224 g/mol. The summed E-state index contributed by atoms with van der Waals surface area (Å²) < 4.78 is 4.83. The normalized spacial score (nSPS) is 35.1. The Morgan fingerprint density at radius 1 is 1.31 bits per heavy atom. The van der Waals surface area contributed by atoms with Gasteiger partial charge in [-0.05, 0) is 36.5 Å². The summed E-state index contributed by atoms with van der Waals surface area (Å²) >= 11 is 0. The van der Waals surface area contributed by atoms with E-state index in [-0.39, 0.29) is 29.7 Å². The zero-order chi connectivity index (χ0) is 11.9. The molecule has 0 amide bonds. The molecule has 3 unspecified atom stereocenters. The highest BCUT2D eigenvalue weighted by Gasteiger charge is 2.55. The number of ketones is 1. The minimum absolute atomic E-state index is 0.0351. The number of esters is 1. The van der Waals surface area contributed by atoms with Crippen molar-refractivity contribution in [1.82, 2.24) is 0 Å². The summed E-state index contributed by atoms with van der Waals surface area (Å²) in [5.74, 6) is 1.07. The van der Waals surface area contributed by atoms with Crippen LogP contribution in [0.4, 0.5) is 0 Å². The Hall–Kier alpha value is -0.860. The van der Waals surface area contributed by atoms with Crippen molar-refractivity contribution < 1.29 is 14.3 Å². The van der Waals surface area contributed by atoms with E-state index in [0.29, 0.717) is 11.8 Å². The third kappa shape index (κ3) is 1.76. The highest BCUT2D eigenvalue weighted by molar-refractivity contribution is 5.85. The molecule has 2 rings (SSSR count). The van der Waals surface area contributed by atoms with E-state index in [1.807, 2.05) is 0 Å². The van der Waals surface area contributed by atoms with E-state index in [1.165, 1.54) is 26.2 Å². The number of hydrogen-bond acceptors (Lipinski definition) is 3. The van der Waals surface area contributed by atoms with E-state index in [4.69, 9.17) is 4.74 Å². The van der Waals surface area contributed by atoms with Crippen LogP contribution in [0.1, 0.15) is 40.0 Å². The first-order chi connectivity index (χ1) is 7.43. The number of fused-ring (bicyclic) bond motifs is 2. The topological polar surface area (TPSA) is 43.4 Å². The van der Waals surface area contributed by atoms with E-state index in [1.54, 1.807) is 0 Å². The first kappa shape index (κ1) is 11.6. The maximum Gasteiger partial charge on any atom is 0.303 e. The highest BCUT2D eigenvalue weighted by atomic mass is 16.5. The third-order valence-corrected chi connectivity index (χ3v) is 4.56. The summed E-state index contributed by atoms with van der Waals surface area (Å²) in [5.41, 5.74) is 0.0974. The van der Waals surface area contributed by atoms with Crippen LogP contribution in [-0.4, -0.2) is 18.4 Å². The average Bonchev–Trinajstić information content (AvgIpc) is 2.71. The van der Waals surface area contributed by atoms with Crippen LogP contribution in [0.5, 0.6) is 0 Å². The van der Waals surface area contributed by atoms with Gasteiger partial charge in [-0.25, -0.2) is 0 Å². The summed E-state index contributed by atoms with van der Waals surface area (Å²) in [5, 5.41) is 0. The van der Waals surface area contributed by atoms with Crippen molar-refractivity contribution in [2.24, 2.45) is 23.2 Å². The molecule has 2 aliphatic rings. The van der Waals surface area contributed by atoms with Crippen molar-refractivity contribution in [3.8, 4) is 0 Å². The van der Waals surface area contributed by atoms with Crippen LogP contribution < -0.4 is 0 Å². The van der Waals surface area contributed by atoms with Crippen molar-refractivity contribution in [3.63, 3.8) is 0 Å². The lowest BCUT2D eigenvalue weighted by Crippen LogP contribution is -2.38. The second kappa shape index (κ2) is 3.86. The molecule has 2 bridgehead atoms. The van der Waals surface area contributed by atoms with Gasteiger partial charge in [-0.1, -0.05) is 13.8 Å². The molecule has 2 saturated carbocycles. The van der Waals surface area contributed by atoms with Crippen molar-refractivity contribution in [2.75, 3.05) is 6.61 Å². The molecule has 16 heavy (non-hydrogen) atoms. The van der Waals surface area contributed by atoms with Gasteiger partial charge in [0.2, 0.25) is 0 Å². The van der Waals surface area contributed by atoms with Crippen LogP contribution in [0.3, 0.4) is 0 Å². The van der Waals surface area contributed by atoms with E-state index in [9.17, 15) is 9.59 Å². The molecule has 2 aliphatic carbocycles.